The van der Waals surface area contributed by atoms with Gasteiger partial charge in [0.2, 0.25) is 5.91 Å². The first-order valence-electron chi connectivity index (χ1n) is 7.44. The average Bonchev–Trinajstić information content (AvgIpc) is 2.59. The Bertz CT molecular complexity index is 949. The van der Waals surface area contributed by atoms with E-state index in [0.717, 1.165) is 18.2 Å². The topological polar surface area (TPSA) is 72.2 Å². The van der Waals surface area contributed by atoms with Gasteiger partial charge in [-0.05, 0) is 30.3 Å². The number of anilines is 1. The number of thioether (sulfide) groups is 1. The zero-order valence-electron chi connectivity index (χ0n) is 13.9. The number of halogens is 7. The van der Waals surface area contributed by atoms with Gasteiger partial charge in [0, 0.05) is 6.07 Å². The van der Waals surface area contributed by atoms with Gasteiger partial charge in [0.25, 0.3) is 5.69 Å². The molecule has 29 heavy (non-hydrogen) atoms. The van der Waals surface area contributed by atoms with Gasteiger partial charge < -0.3 is 5.32 Å². The third-order valence-electron chi connectivity index (χ3n) is 3.41. The summed E-state index contributed by atoms with van der Waals surface area (Å²) in [4.78, 5) is 21.8. The molecule has 0 aliphatic carbocycles. The SMILES string of the molecule is O=C(CSc1ccc(C(F)(F)F)cc1[N+](=O)[O-])Nc1cc(C(F)(F)F)ccc1Cl. The first kappa shape index (κ1) is 22.8. The lowest BCUT2D eigenvalue weighted by Gasteiger charge is -2.12. The van der Waals surface area contributed by atoms with Crippen molar-refractivity contribution in [1.82, 2.24) is 0 Å². The van der Waals surface area contributed by atoms with Gasteiger partial charge >= 0.3 is 12.4 Å². The monoisotopic (exact) mass is 458 g/mol. The highest BCUT2D eigenvalue weighted by atomic mass is 35.5. The molecular weight excluding hydrogens is 450 g/mol. The minimum atomic E-state index is -4.79. The molecule has 2 aromatic rings. The predicted octanol–water partition coefficient (Wildman–Crippen LogP) is 6.02. The Morgan fingerprint density at radius 3 is 2.14 bits per heavy atom. The quantitative estimate of drug-likeness (QED) is 0.257. The summed E-state index contributed by atoms with van der Waals surface area (Å²) in [7, 11) is 0. The molecule has 0 atom stereocenters. The minimum absolute atomic E-state index is 0.170. The zero-order chi connectivity index (χ0) is 22.0. The van der Waals surface area contributed by atoms with E-state index in [-0.39, 0.29) is 15.6 Å². The summed E-state index contributed by atoms with van der Waals surface area (Å²) in [5.74, 6) is -1.37. The number of rotatable bonds is 5. The van der Waals surface area contributed by atoms with Crippen molar-refractivity contribution in [3.63, 3.8) is 0 Å². The summed E-state index contributed by atoms with van der Waals surface area (Å²) in [5, 5.41) is 13.0. The van der Waals surface area contributed by atoms with Gasteiger partial charge in [0.15, 0.2) is 0 Å². The maximum absolute atomic E-state index is 12.7. The first-order chi connectivity index (χ1) is 13.3. The Balaban J connectivity index is 2.15. The van der Waals surface area contributed by atoms with Crippen LogP contribution in [0, 0.1) is 10.1 Å². The Kier molecular flexibility index (Phi) is 6.68. The maximum atomic E-state index is 12.7. The van der Waals surface area contributed by atoms with Gasteiger partial charge in [0.1, 0.15) is 0 Å². The van der Waals surface area contributed by atoms with Crippen LogP contribution in [0.5, 0.6) is 0 Å². The van der Waals surface area contributed by atoms with Crippen molar-refractivity contribution < 1.29 is 36.1 Å². The molecule has 5 nitrogen and oxygen atoms in total. The summed E-state index contributed by atoms with van der Waals surface area (Å²) in [6, 6.07) is 4.08. The summed E-state index contributed by atoms with van der Waals surface area (Å²) in [6.45, 7) is 0. The molecule has 0 spiro atoms. The number of nitrogens with zero attached hydrogens (tertiary/aromatic N) is 1. The largest absolute Gasteiger partial charge is 0.416 e. The summed E-state index contributed by atoms with van der Waals surface area (Å²) < 4.78 is 76.3. The third-order valence-corrected chi connectivity index (χ3v) is 4.80. The van der Waals surface area contributed by atoms with E-state index < -0.39 is 45.8 Å². The highest BCUT2D eigenvalue weighted by molar-refractivity contribution is 8.00. The molecule has 0 aromatic heterocycles. The van der Waals surface area contributed by atoms with Crippen LogP contribution in [0.1, 0.15) is 11.1 Å². The normalized spacial score (nSPS) is 12.0. The minimum Gasteiger partial charge on any atom is -0.324 e. The Hall–Kier alpha value is -2.47. The van der Waals surface area contributed by atoms with Crippen LogP contribution in [-0.2, 0) is 17.1 Å². The molecular formula is C16H9ClF6N2O3S. The molecule has 0 fully saturated rings. The fourth-order valence-electron chi connectivity index (χ4n) is 2.09. The van der Waals surface area contributed by atoms with Gasteiger partial charge in [-0.2, -0.15) is 26.3 Å². The van der Waals surface area contributed by atoms with E-state index in [0.29, 0.717) is 30.0 Å². The van der Waals surface area contributed by atoms with Crippen LogP contribution < -0.4 is 5.32 Å². The lowest BCUT2D eigenvalue weighted by molar-refractivity contribution is -0.388. The van der Waals surface area contributed by atoms with E-state index in [4.69, 9.17) is 11.6 Å². The molecule has 0 heterocycles. The number of nitro groups is 1. The second-order valence-electron chi connectivity index (χ2n) is 5.47. The van der Waals surface area contributed by atoms with Crippen LogP contribution in [0.3, 0.4) is 0 Å². The van der Waals surface area contributed by atoms with E-state index in [1.54, 1.807) is 0 Å². The molecule has 1 amide bonds. The molecule has 156 valence electrons. The van der Waals surface area contributed by atoms with Crippen LogP contribution in [0.4, 0.5) is 37.7 Å². The van der Waals surface area contributed by atoms with Gasteiger partial charge in [-0.25, -0.2) is 0 Å². The maximum Gasteiger partial charge on any atom is 0.416 e. The molecule has 0 saturated carbocycles. The number of hydrogen-bond donors (Lipinski definition) is 1. The lowest BCUT2D eigenvalue weighted by atomic mass is 10.2. The molecule has 2 aromatic carbocycles. The zero-order valence-corrected chi connectivity index (χ0v) is 15.5. The molecule has 0 aliphatic heterocycles. The van der Waals surface area contributed by atoms with Crippen LogP contribution in [0.15, 0.2) is 41.3 Å². The van der Waals surface area contributed by atoms with Crippen LogP contribution in [0.25, 0.3) is 0 Å². The standard InChI is InChI=1S/C16H9ClF6N2O3S/c17-10-3-1-8(15(18,19)20)5-11(10)24-14(26)7-29-13-4-2-9(16(21,22)23)6-12(13)25(27)28/h1-6H,7H2,(H,24,26). The van der Waals surface area contributed by atoms with Gasteiger partial charge in [-0.3, -0.25) is 14.9 Å². The number of hydrogen-bond acceptors (Lipinski definition) is 4. The predicted molar refractivity (Wildman–Crippen MR) is 93.9 cm³/mol. The van der Waals surface area contributed by atoms with E-state index in [1.165, 1.54) is 0 Å². The van der Waals surface area contributed by atoms with E-state index >= 15 is 0 Å². The molecule has 0 aliphatic rings. The summed E-state index contributed by atoms with van der Waals surface area (Å²) >= 11 is 6.30. The van der Waals surface area contributed by atoms with Crippen LogP contribution in [-0.4, -0.2) is 16.6 Å². The molecule has 0 saturated heterocycles. The Morgan fingerprint density at radius 1 is 1.03 bits per heavy atom. The number of alkyl halides is 6. The third kappa shape index (κ3) is 6.00. The van der Waals surface area contributed by atoms with E-state index in [2.05, 4.69) is 5.32 Å². The number of nitrogens with one attached hydrogen (secondary N) is 1. The molecule has 0 radical (unpaired) electrons. The van der Waals surface area contributed by atoms with Gasteiger partial charge in [0.05, 0.1) is 37.4 Å². The fraction of sp³-hybridized carbons (Fsp3) is 0.188. The van der Waals surface area contributed by atoms with Crippen molar-refractivity contribution in [3.8, 4) is 0 Å². The Labute approximate surface area is 168 Å². The number of amides is 1. The second-order valence-corrected chi connectivity index (χ2v) is 6.89. The Morgan fingerprint density at radius 2 is 1.59 bits per heavy atom. The number of carbonyl (C=O) groups excluding carboxylic acids is 1. The first-order valence-corrected chi connectivity index (χ1v) is 8.80. The van der Waals surface area contributed by atoms with E-state index in [1.807, 2.05) is 0 Å². The number of nitro benzene ring substituents is 1. The van der Waals surface area contributed by atoms with Crippen molar-refractivity contribution in [2.75, 3.05) is 11.1 Å². The lowest BCUT2D eigenvalue weighted by Crippen LogP contribution is -2.15. The summed E-state index contributed by atoms with van der Waals surface area (Å²) in [6.07, 6.45) is -9.45. The van der Waals surface area contributed by atoms with Gasteiger partial charge in [-0.1, -0.05) is 11.6 Å². The average molecular weight is 459 g/mol. The van der Waals surface area contributed by atoms with Crippen molar-refractivity contribution in [1.29, 1.82) is 0 Å². The molecule has 13 heteroatoms. The van der Waals surface area contributed by atoms with Gasteiger partial charge in [-0.15, -0.1) is 11.8 Å². The van der Waals surface area contributed by atoms with E-state index in [9.17, 15) is 41.3 Å². The second kappa shape index (κ2) is 8.49. The summed E-state index contributed by atoms with van der Waals surface area (Å²) in [5.41, 5.74) is -3.46. The highest BCUT2D eigenvalue weighted by Crippen LogP contribution is 2.37. The molecule has 0 unspecified atom stereocenters. The van der Waals surface area contributed by atoms with Crippen molar-refractivity contribution in [3.05, 3.63) is 62.7 Å². The number of benzene rings is 2. The van der Waals surface area contributed by atoms with Crippen molar-refractivity contribution >= 4 is 40.6 Å². The van der Waals surface area contributed by atoms with Crippen molar-refractivity contribution in [2.24, 2.45) is 0 Å². The molecule has 2 rings (SSSR count). The number of carbonyl (C=O) groups is 1. The fourth-order valence-corrected chi connectivity index (χ4v) is 3.05. The highest BCUT2D eigenvalue weighted by Gasteiger charge is 2.33. The van der Waals surface area contributed by atoms with Crippen molar-refractivity contribution in [2.45, 2.75) is 17.2 Å². The molecule has 1 N–H and O–H groups in total. The van der Waals surface area contributed by atoms with Crippen LogP contribution in [0.2, 0.25) is 5.02 Å². The smallest absolute Gasteiger partial charge is 0.324 e. The van der Waals surface area contributed by atoms with Crippen LogP contribution >= 0.6 is 23.4 Å². The molecule has 0 bridgehead atoms.